The Morgan fingerprint density at radius 3 is 2.71 bits per heavy atom. The van der Waals surface area contributed by atoms with Crippen molar-refractivity contribution in [1.82, 2.24) is 10.2 Å². The van der Waals surface area contributed by atoms with Crippen molar-refractivity contribution >= 4 is 27.9 Å². The fraction of sp³-hybridized carbons (Fsp3) is 0.500. The van der Waals surface area contributed by atoms with E-state index < -0.39 is 23.4 Å². The van der Waals surface area contributed by atoms with Crippen LogP contribution in [0.5, 0.6) is 5.75 Å². The van der Waals surface area contributed by atoms with Crippen LogP contribution in [-0.4, -0.2) is 46.7 Å². The third kappa shape index (κ3) is 4.59. The molecule has 0 aliphatic carbocycles. The van der Waals surface area contributed by atoms with Gasteiger partial charge in [-0.2, -0.15) is 0 Å². The molecule has 1 aliphatic heterocycles. The van der Waals surface area contributed by atoms with Crippen molar-refractivity contribution in [1.29, 1.82) is 0 Å². The maximum atomic E-state index is 13.5. The summed E-state index contributed by atoms with van der Waals surface area (Å²) in [6, 6.07) is 1.84. The Balaban J connectivity index is 2.01. The van der Waals surface area contributed by atoms with Crippen LogP contribution in [0.25, 0.3) is 0 Å². The highest BCUT2D eigenvalue weighted by atomic mass is 79.9. The van der Waals surface area contributed by atoms with E-state index in [1.54, 1.807) is 20.8 Å². The number of carbonyl (C=O) groups is 2. The van der Waals surface area contributed by atoms with Crippen LogP contribution >= 0.6 is 15.9 Å². The number of carbonyl (C=O) groups excluding carboxylic acids is 2. The van der Waals surface area contributed by atoms with E-state index in [1.807, 2.05) is 0 Å². The molecule has 1 fully saturated rings. The summed E-state index contributed by atoms with van der Waals surface area (Å²) in [5, 5.41) is 12.6. The van der Waals surface area contributed by atoms with Crippen LogP contribution in [0.3, 0.4) is 0 Å². The number of halogens is 2. The minimum Gasteiger partial charge on any atom is -0.506 e. The second-order valence-electron chi connectivity index (χ2n) is 6.67. The fourth-order valence-corrected chi connectivity index (χ4v) is 2.87. The lowest BCUT2D eigenvalue weighted by Crippen LogP contribution is -2.41. The molecule has 0 aromatic heterocycles. The highest BCUT2D eigenvalue weighted by Crippen LogP contribution is 2.30. The Hall–Kier alpha value is -1.83. The van der Waals surface area contributed by atoms with E-state index in [0.29, 0.717) is 13.0 Å². The molecule has 0 spiro atoms. The van der Waals surface area contributed by atoms with Gasteiger partial charge in [-0.15, -0.1) is 0 Å². The average molecular weight is 403 g/mol. The van der Waals surface area contributed by atoms with Crippen LogP contribution < -0.4 is 5.32 Å². The van der Waals surface area contributed by atoms with Gasteiger partial charge in [0.2, 0.25) is 0 Å². The molecule has 0 unspecified atom stereocenters. The molecule has 1 aromatic carbocycles. The molecule has 0 bridgehead atoms. The van der Waals surface area contributed by atoms with Crippen molar-refractivity contribution in [2.75, 3.05) is 13.1 Å². The quantitative estimate of drug-likeness (QED) is 0.796. The molecule has 0 radical (unpaired) electrons. The number of phenols is 1. The Morgan fingerprint density at radius 1 is 1.42 bits per heavy atom. The largest absolute Gasteiger partial charge is 0.506 e. The zero-order valence-corrected chi connectivity index (χ0v) is 15.3. The van der Waals surface area contributed by atoms with Gasteiger partial charge in [-0.1, -0.05) is 0 Å². The molecule has 1 heterocycles. The van der Waals surface area contributed by atoms with Gasteiger partial charge in [0.15, 0.2) is 0 Å². The molecule has 8 heteroatoms. The van der Waals surface area contributed by atoms with Crippen molar-refractivity contribution in [3.05, 3.63) is 28.0 Å². The third-order valence-corrected chi connectivity index (χ3v) is 4.06. The number of phenolic OH excluding ortho intramolecular Hbond substituents is 1. The second kappa shape index (κ2) is 6.96. The molecule has 2 N–H and O–H groups in total. The first-order valence-corrected chi connectivity index (χ1v) is 8.33. The molecular weight excluding hydrogens is 383 g/mol. The SMILES string of the molecule is CC(C)(C)OC(=O)N[C@H]1CCN(C(=O)c2cc(F)cc(Br)c2O)C1. The highest BCUT2D eigenvalue weighted by Gasteiger charge is 2.31. The first-order valence-electron chi connectivity index (χ1n) is 7.53. The number of ether oxygens (including phenoxy) is 1. The van der Waals surface area contributed by atoms with E-state index in [2.05, 4.69) is 21.2 Å². The number of nitrogens with one attached hydrogen (secondary N) is 1. The third-order valence-electron chi connectivity index (χ3n) is 3.45. The predicted molar refractivity (Wildman–Crippen MR) is 89.4 cm³/mol. The minimum atomic E-state index is -0.620. The van der Waals surface area contributed by atoms with Gasteiger partial charge < -0.3 is 20.1 Å². The fourth-order valence-electron chi connectivity index (χ4n) is 2.44. The van der Waals surface area contributed by atoms with Crippen molar-refractivity contribution in [2.24, 2.45) is 0 Å². The van der Waals surface area contributed by atoms with Crippen molar-refractivity contribution in [2.45, 2.75) is 38.8 Å². The molecule has 1 aromatic rings. The van der Waals surface area contributed by atoms with Crippen molar-refractivity contribution in [3.63, 3.8) is 0 Å². The van der Waals surface area contributed by atoms with Gasteiger partial charge in [-0.05, 0) is 55.3 Å². The molecule has 1 aliphatic rings. The van der Waals surface area contributed by atoms with Crippen LogP contribution in [-0.2, 0) is 4.74 Å². The van der Waals surface area contributed by atoms with Crippen LogP contribution in [0.4, 0.5) is 9.18 Å². The molecule has 24 heavy (non-hydrogen) atoms. The number of hydrogen-bond acceptors (Lipinski definition) is 4. The number of alkyl carbamates (subject to hydrolysis) is 1. The number of rotatable bonds is 2. The highest BCUT2D eigenvalue weighted by molar-refractivity contribution is 9.10. The summed E-state index contributed by atoms with van der Waals surface area (Å²) in [7, 11) is 0. The van der Waals surface area contributed by atoms with Gasteiger partial charge in [0.1, 0.15) is 17.2 Å². The van der Waals surface area contributed by atoms with E-state index in [4.69, 9.17) is 4.74 Å². The van der Waals surface area contributed by atoms with E-state index in [0.717, 1.165) is 12.1 Å². The second-order valence-corrected chi connectivity index (χ2v) is 7.52. The summed E-state index contributed by atoms with van der Waals surface area (Å²) in [6.07, 6.45) is 0.0144. The summed E-state index contributed by atoms with van der Waals surface area (Å²) in [6.45, 7) is 5.96. The van der Waals surface area contributed by atoms with Gasteiger partial charge in [-0.3, -0.25) is 4.79 Å². The topological polar surface area (TPSA) is 78.9 Å². The van der Waals surface area contributed by atoms with Gasteiger partial charge in [0, 0.05) is 13.1 Å². The van der Waals surface area contributed by atoms with Gasteiger partial charge in [0.05, 0.1) is 16.1 Å². The molecule has 2 amide bonds. The van der Waals surface area contributed by atoms with E-state index in [9.17, 15) is 19.1 Å². The van der Waals surface area contributed by atoms with Gasteiger partial charge in [-0.25, -0.2) is 9.18 Å². The molecule has 1 saturated heterocycles. The van der Waals surface area contributed by atoms with Gasteiger partial charge in [0.25, 0.3) is 5.91 Å². The minimum absolute atomic E-state index is 0.111. The zero-order valence-electron chi connectivity index (χ0n) is 13.7. The number of amides is 2. The molecule has 2 rings (SSSR count). The molecular formula is C16H20BrFN2O4. The number of nitrogens with zero attached hydrogens (tertiary/aromatic N) is 1. The first kappa shape index (κ1) is 18.5. The molecule has 1 atom stereocenters. The maximum Gasteiger partial charge on any atom is 0.407 e. The van der Waals surface area contributed by atoms with Crippen LogP contribution in [0.1, 0.15) is 37.6 Å². The van der Waals surface area contributed by atoms with Crippen LogP contribution in [0.15, 0.2) is 16.6 Å². The van der Waals surface area contributed by atoms with Crippen molar-refractivity contribution in [3.8, 4) is 5.75 Å². The van der Waals surface area contributed by atoms with Crippen LogP contribution in [0, 0.1) is 5.82 Å². The lowest BCUT2D eigenvalue weighted by molar-refractivity contribution is 0.0502. The smallest absolute Gasteiger partial charge is 0.407 e. The monoisotopic (exact) mass is 402 g/mol. The number of likely N-dealkylation sites (tertiary alicyclic amines) is 1. The molecule has 132 valence electrons. The zero-order chi connectivity index (χ0) is 18.1. The number of benzene rings is 1. The lowest BCUT2D eigenvalue weighted by atomic mass is 10.1. The Bertz CT molecular complexity index is 660. The summed E-state index contributed by atoms with van der Waals surface area (Å²) < 4.78 is 18.8. The summed E-state index contributed by atoms with van der Waals surface area (Å²) in [5.74, 6) is -1.41. The molecule has 0 saturated carbocycles. The average Bonchev–Trinajstić information content (AvgIpc) is 2.88. The van der Waals surface area contributed by atoms with E-state index >= 15 is 0 Å². The van der Waals surface area contributed by atoms with Crippen LogP contribution in [0.2, 0.25) is 0 Å². The standard InChI is InChI=1S/C16H20BrFN2O4/c1-16(2,3)24-15(23)19-10-4-5-20(8-10)14(22)11-6-9(18)7-12(17)13(11)21/h6-7,10,21H,4-5,8H2,1-3H3,(H,19,23)/t10-/m0/s1. The number of hydrogen-bond donors (Lipinski definition) is 2. The predicted octanol–water partition coefficient (Wildman–Crippen LogP) is 3.03. The Labute approximate surface area is 148 Å². The first-order chi connectivity index (χ1) is 11.1. The van der Waals surface area contributed by atoms with Gasteiger partial charge >= 0.3 is 6.09 Å². The van der Waals surface area contributed by atoms with E-state index in [1.165, 1.54) is 4.90 Å². The lowest BCUT2D eigenvalue weighted by Gasteiger charge is -2.22. The molecule has 6 nitrogen and oxygen atoms in total. The Morgan fingerprint density at radius 2 is 2.08 bits per heavy atom. The summed E-state index contributed by atoms with van der Waals surface area (Å²) in [5.41, 5.74) is -0.711. The van der Waals surface area contributed by atoms with Crippen molar-refractivity contribution < 1.29 is 23.8 Å². The normalized spacial score (nSPS) is 17.7. The summed E-state index contributed by atoms with van der Waals surface area (Å²) in [4.78, 5) is 25.7. The Kier molecular flexibility index (Phi) is 5.37. The maximum absolute atomic E-state index is 13.5. The van der Waals surface area contributed by atoms with E-state index in [-0.39, 0.29) is 28.4 Å². The summed E-state index contributed by atoms with van der Waals surface area (Å²) >= 11 is 3.01. The number of aromatic hydroxyl groups is 1.